The molecule has 0 radical (unpaired) electrons. The van der Waals surface area contributed by atoms with Crippen molar-refractivity contribution in [3.05, 3.63) is 59.7 Å². The van der Waals surface area contributed by atoms with Crippen molar-refractivity contribution >= 4 is 0 Å². The van der Waals surface area contributed by atoms with Crippen LogP contribution >= 0.6 is 0 Å². The number of hydrogen-bond donors (Lipinski definition) is 0. The van der Waals surface area contributed by atoms with Gasteiger partial charge in [-0.3, -0.25) is 0 Å². The molecule has 2 heterocycles. The summed E-state index contributed by atoms with van der Waals surface area (Å²) in [6.45, 7) is 7.37. The lowest BCUT2D eigenvalue weighted by atomic mass is 9.78. The number of hydrogen-bond acceptors (Lipinski definition) is 4. The highest BCUT2D eigenvalue weighted by Crippen LogP contribution is 2.33. The van der Waals surface area contributed by atoms with Crippen molar-refractivity contribution in [1.82, 2.24) is 0 Å². The Morgan fingerprint density at radius 2 is 1.12 bits per heavy atom. The smallest absolute Gasteiger partial charge is 0.119 e. The van der Waals surface area contributed by atoms with Crippen molar-refractivity contribution in [3.8, 4) is 11.5 Å². The summed E-state index contributed by atoms with van der Waals surface area (Å²) in [6.07, 6.45) is 0.562. The molecule has 0 N–H and O–H groups in total. The molecule has 2 aromatic carbocycles. The molecule has 0 bridgehead atoms. The lowest BCUT2D eigenvalue weighted by molar-refractivity contribution is 0.263. The fraction of sp³-hybridized carbons (Fsp3) is 0.455. The predicted molar refractivity (Wildman–Crippen MR) is 102 cm³/mol. The second-order valence-electron chi connectivity index (χ2n) is 7.21. The number of ether oxygens (including phenoxy) is 4. The van der Waals surface area contributed by atoms with E-state index in [-0.39, 0.29) is 25.0 Å². The molecule has 2 aromatic rings. The van der Waals surface area contributed by atoms with Gasteiger partial charge in [-0.25, -0.2) is 0 Å². The molecule has 0 saturated carbocycles. The summed E-state index contributed by atoms with van der Waals surface area (Å²) in [7, 11) is 0. The van der Waals surface area contributed by atoms with E-state index in [2.05, 4.69) is 38.1 Å². The second-order valence-corrected chi connectivity index (χ2v) is 7.21. The first-order valence-electron chi connectivity index (χ1n) is 8.81. The van der Waals surface area contributed by atoms with E-state index in [0.717, 1.165) is 24.7 Å². The van der Waals surface area contributed by atoms with E-state index < -0.39 is 0 Å². The summed E-state index contributed by atoms with van der Waals surface area (Å²) in [4.78, 5) is 0. The Kier molecular flexibility index (Phi) is 5.54. The van der Waals surface area contributed by atoms with Gasteiger partial charge in [0.15, 0.2) is 0 Å². The molecule has 2 fully saturated rings. The fourth-order valence-corrected chi connectivity index (χ4v) is 2.81. The maximum absolute atomic E-state index is 5.72. The molecule has 0 aliphatic carbocycles. The normalized spacial score (nSPS) is 20.8. The van der Waals surface area contributed by atoms with Crippen LogP contribution < -0.4 is 9.47 Å². The van der Waals surface area contributed by atoms with Crippen molar-refractivity contribution in [2.24, 2.45) is 0 Å². The van der Waals surface area contributed by atoms with Gasteiger partial charge in [-0.05, 0) is 35.4 Å². The third-order valence-electron chi connectivity index (χ3n) is 4.83. The maximum atomic E-state index is 5.72. The first-order valence-corrected chi connectivity index (χ1v) is 8.81. The Bertz CT molecular complexity index is 636. The topological polar surface area (TPSA) is 43.5 Å². The van der Waals surface area contributed by atoms with Crippen molar-refractivity contribution in [2.45, 2.75) is 38.9 Å². The highest BCUT2D eigenvalue weighted by Gasteiger charge is 2.25. The molecule has 4 rings (SSSR count). The van der Waals surface area contributed by atoms with Crippen LogP contribution in [0.15, 0.2) is 48.5 Å². The van der Waals surface area contributed by atoms with Gasteiger partial charge in [-0.2, -0.15) is 0 Å². The van der Waals surface area contributed by atoms with Gasteiger partial charge in [0.05, 0.1) is 13.2 Å². The van der Waals surface area contributed by atoms with E-state index in [9.17, 15) is 0 Å². The lowest BCUT2D eigenvalue weighted by Gasteiger charge is -2.26. The van der Waals surface area contributed by atoms with Gasteiger partial charge >= 0.3 is 0 Å². The Morgan fingerprint density at radius 1 is 0.769 bits per heavy atom. The van der Waals surface area contributed by atoms with E-state index in [1.807, 2.05) is 24.3 Å². The fourth-order valence-electron chi connectivity index (χ4n) is 2.81. The number of rotatable bonds is 8. The zero-order chi connectivity index (χ0) is 17.3. The van der Waals surface area contributed by atoms with Crippen LogP contribution in [0.1, 0.15) is 32.4 Å². The zero-order valence-electron chi connectivity index (χ0n) is 14.7. The Hall–Kier alpha value is -2.04. The van der Waals surface area contributed by atoms with E-state index in [4.69, 9.17) is 18.9 Å². The van der Waals surface area contributed by atoms with Crippen LogP contribution in [0.25, 0.3) is 0 Å². The van der Waals surface area contributed by atoms with Crippen molar-refractivity contribution < 1.29 is 18.9 Å². The van der Waals surface area contributed by atoms with Gasteiger partial charge in [0.2, 0.25) is 0 Å². The molecule has 0 spiro atoms. The predicted octanol–water partition coefficient (Wildman–Crippen LogP) is 4.20. The molecule has 2 aliphatic heterocycles. The molecule has 140 valence electrons. The van der Waals surface area contributed by atoms with Crippen molar-refractivity contribution in [3.63, 3.8) is 0 Å². The Balaban J connectivity index is 0.00000196. The first-order chi connectivity index (χ1) is 12.1. The minimum Gasteiger partial charge on any atom is -0.491 e. The molecule has 0 amide bonds. The zero-order valence-corrected chi connectivity index (χ0v) is 14.7. The molecular formula is C22H28O4. The molecule has 4 nitrogen and oxygen atoms in total. The van der Waals surface area contributed by atoms with Gasteiger partial charge in [0.1, 0.15) is 36.9 Å². The summed E-state index contributed by atoms with van der Waals surface area (Å²) in [5.74, 6) is 1.78. The molecule has 2 unspecified atom stereocenters. The summed E-state index contributed by atoms with van der Waals surface area (Å²) >= 11 is 0. The van der Waals surface area contributed by atoms with Crippen LogP contribution in [0.4, 0.5) is 0 Å². The minimum absolute atomic E-state index is 0. The average Bonchev–Trinajstić information content (AvgIpc) is 3.54. The van der Waals surface area contributed by atoms with Crippen molar-refractivity contribution in [2.75, 3.05) is 26.4 Å². The number of benzene rings is 2. The van der Waals surface area contributed by atoms with E-state index in [0.29, 0.717) is 13.2 Å². The van der Waals surface area contributed by atoms with Crippen LogP contribution in [-0.2, 0) is 14.9 Å². The largest absolute Gasteiger partial charge is 0.491 e. The van der Waals surface area contributed by atoms with Crippen LogP contribution in [0, 0.1) is 0 Å². The summed E-state index contributed by atoms with van der Waals surface area (Å²) in [5, 5.41) is 0. The summed E-state index contributed by atoms with van der Waals surface area (Å²) < 4.78 is 21.8. The van der Waals surface area contributed by atoms with E-state index in [1.165, 1.54) is 11.1 Å². The molecular weight excluding hydrogens is 328 g/mol. The van der Waals surface area contributed by atoms with Crippen LogP contribution in [0.2, 0.25) is 0 Å². The SMILES string of the molecule is C.CC(C)(c1ccc(OCC2CO2)cc1)c1ccc(OCC2CO2)cc1. The summed E-state index contributed by atoms with van der Waals surface area (Å²) in [6, 6.07) is 16.7. The minimum atomic E-state index is -0.0870. The standard InChI is InChI=1S/C21H24O4.CH4/c1-21(2,15-3-7-17(8-4-15)22-11-19-13-24-19)16-5-9-18(10-6-16)23-12-20-14-25-20;/h3-10,19-20H,11-14H2,1-2H3;1H4. The quantitative estimate of drug-likeness (QED) is 0.665. The average molecular weight is 356 g/mol. The first kappa shape index (κ1) is 18.7. The maximum Gasteiger partial charge on any atom is 0.119 e. The highest BCUT2D eigenvalue weighted by atomic mass is 16.6. The van der Waals surface area contributed by atoms with Gasteiger partial charge < -0.3 is 18.9 Å². The molecule has 2 atom stereocenters. The van der Waals surface area contributed by atoms with Gasteiger partial charge in [-0.15, -0.1) is 0 Å². The monoisotopic (exact) mass is 356 g/mol. The van der Waals surface area contributed by atoms with Crippen LogP contribution in [-0.4, -0.2) is 38.6 Å². The van der Waals surface area contributed by atoms with Gasteiger partial charge in [0, 0.05) is 5.41 Å². The van der Waals surface area contributed by atoms with Crippen LogP contribution in [0.3, 0.4) is 0 Å². The molecule has 2 aliphatic rings. The van der Waals surface area contributed by atoms with Crippen molar-refractivity contribution in [1.29, 1.82) is 0 Å². The third-order valence-corrected chi connectivity index (χ3v) is 4.83. The van der Waals surface area contributed by atoms with E-state index in [1.54, 1.807) is 0 Å². The van der Waals surface area contributed by atoms with E-state index >= 15 is 0 Å². The van der Waals surface area contributed by atoms with Gasteiger partial charge in [0.25, 0.3) is 0 Å². The number of epoxide rings is 2. The van der Waals surface area contributed by atoms with Crippen LogP contribution in [0.5, 0.6) is 11.5 Å². The lowest BCUT2D eigenvalue weighted by Crippen LogP contribution is -2.18. The Morgan fingerprint density at radius 3 is 1.42 bits per heavy atom. The Labute approximate surface area is 156 Å². The second kappa shape index (κ2) is 7.68. The summed E-state index contributed by atoms with van der Waals surface area (Å²) in [5.41, 5.74) is 2.42. The molecule has 4 heteroatoms. The highest BCUT2D eigenvalue weighted by molar-refractivity contribution is 5.41. The third kappa shape index (κ3) is 4.57. The molecule has 0 aromatic heterocycles. The molecule has 2 saturated heterocycles. The van der Waals surface area contributed by atoms with Gasteiger partial charge in [-0.1, -0.05) is 45.5 Å². The molecule has 26 heavy (non-hydrogen) atoms.